The van der Waals surface area contributed by atoms with E-state index in [4.69, 9.17) is 10.5 Å². The lowest BCUT2D eigenvalue weighted by atomic mass is 9.75. The SMILES string of the molecule is CC1CCC(C(C)C)C(OC(=O)c2ccnc(N)c2)C1. The lowest BCUT2D eigenvalue weighted by Gasteiger charge is -2.36. The van der Waals surface area contributed by atoms with Crippen molar-refractivity contribution in [3.8, 4) is 0 Å². The van der Waals surface area contributed by atoms with Crippen LogP contribution in [0.2, 0.25) is 0 Å². The van der Waals surface area contributed by atoms with Crippen LogP contribution in [0.25, 0.3) is 0 Å². The van der Waals surface area contributed by atoms with Crippen molar-refractivity contribution in [1.29, 1.82) is 0 Å². The number of nitrogens with two attached hydrogens (primary N) is 1. The zero-order valence-corrected chi connectivity index (χ0v) is 12.5. The number of hydrogen-bond acceptors (Lipinski definition) is 4. The number of hydrogen-bond donors (Lipinski definition) is 1. The number of carbonyl (C=O) groups excluding carboxylic acids is 1. The maximum atomic E-state index is 12.2. The standard InChI is InChI=1S/C16H24N2O2/c1-10(2)13-5-4-11(3)8-14(13)20-16(19)12-6-7-18-15(17)9-12/h6-7,9-11,13-14H,4-5,8H2,1-3H3,(H2,17,18). The van der Waals surface area contributed by atoms with Crippen LogP contribution in [0, 0.1) is 17.8 Å². The van der Waals surface area contributed by atoms with Crippen molar-refractivity contribution in [2.24, 2.45) is 17.8 Å². The number of ether oxygens (including phenoxy) is 1. The Balaban J connectivity index is 2.08. The molecule has 4 heteroatoms. The molecule has 2 rings (SSSR count). The fourth-order valence-corrected chi connectivity index (χ4v) is 3.03. The van der Waals surface area contributed by atoms with Crippen LogP contribution < -0.4 is 5.73 Å². The summed E-state index contributed by atoms with van der Waals surface area (Å²) >= 11 is 0. The van der Waals surface area contributed by atoms with Crippen molar-refractivity contribution < 1.29 is 9.53 Å². The number of carbonyl (C=O) groups is 1. The van der Waals surface area contributed by atoms with Crippen molar-refractivity contribution >= 4 is 11.8 Å². The van der Waals surface area contributed by atoms with Crippen molar-refractivity contribution in [3.63, 3.8) is 0 Å². The third-order valence-corrected chi connectivity index (χ3v) is 4.24. The van der Waals surface area contributed by atoms with Gasteiger partial charge < -0.3 is 10.5 Å². The van der Waals surface area contributed by atoms with Crippen molar-refractivity contribution in [2.45, 2.75) is 46.1 Å². The summed E-state index contributed by atoms with van der Waals surface area (Å²) in [7, 11) is 0. The highest BCUT2D eigenvalue weighted by Gasteiger charge is 2.33. The molecule has 1 fully saturated rings. The monoisotopic (exact) mass is 276 g/mol. The summed E-state index contributed by atoms with van der Waals surface area (Å²) in [5, 5.41) is 0. The second-order valence-electron chi connectivity index (χ2n) is 6.24. The molecule has 3 atom stereocenters. The maximum absolute atomic E-state index is 12.2. The Kier molecular flexibility index (Phi) is 4.63. The number of pyridine rings is 1. The minimum Gasteiger partial charge on any atom is -0.458 e. The topological polar surface area (TPSA) is 65.2 Å². The zero-order chi connectivity index (χ0) is 14.7. The Bertz CT molecular complexity index is 473. The molecule has 3 unspecified atom stereocenters. The van der Waals surface area contributed by atoms with Crippen LogP contribution in [0.15, 0.2) is 18.3 Å². The normalized spacial score (nSPS) is 26.5. The second kappa shape index (κ2) is 6.25. The molecule has 0 amide bonds. The first-order chi connectivity index (χ1) is 9.47. The summed E-state index contributed by atoms with van der Waals surface area (Å²) in [4.78, 5) is 16.1. The molecule has 1 saturated carbocycles. The Morgan fingerprint density at radius 2 is 2.20 bits per heavy atom. The van der Waals surface area contributed by atoms with E-state index in [1.165, 1.54) is 12.6 Å². The quantitative estimate of drug-likeness (QED) is 0.860. The van der Waals surface area contributed by atoms with Crippen LogP contribution in [0.3, 0.4) is 0 Å². The molecule has 2 N–H and O–H groups in total. The average molecular weight is 276 g/mol. The molecular formula is C16H24N2O2. The Hall–Kier alpha value is -1.58. The lowest BCUT2D eigenvalue weighted by molar-refractivity contribution is -0.0174. The molecule has 1 aromatic heterocycles. The zero-order valence-electron chi connectivity index (χ0n) is 12.5. The van der Waals surface area contributed by atoms with Gasteiger partial charge in [0.1, 0.15) is 11.9 Å². The maximum Gasteiger partial charge on any atom is 0.338 e. The smallest absolute Gasteiger partial charge is 0.338 e. The van der Waals surface area contributed by atoms with Crippen LogP contribution in [0.5, 0.6) is 0 Å². The fourth-order valence-electron chi connectivity index (χ4n) is 3.03. The number of esters is 1. The van der Waals surface area contributed by atoms with Gasteiger partial charge in [0.05, 0.1) is 5.56 Å². The van der Waals surface area contributed by atoms with Gasteiger partial charge in [-0.15, -0.1) is 0 Å². The second-order valence-corrected chi connectivity index (χ2v) is 6.24. The number of rotatable bonds is 3. The van der Waals surface area contributed by atoms with Crippen LogP contribution in [-0.2, 0) is 4.74 Å². The number of nitrogens with zero attached hydrogens (tertiary/aromatic N) is 1. The highest BCUT2D eigenvalue weighted by atomic mass is 16.5. The van der Waals surface area contributed by atoms with E-state index in [9.17, 15) is 4.79 Å². The van der Waals surface area contributed by atoms with Crippen LogP contribution in [0.4, 0.5) is 5.82 Å². The lowest BCUT2D eigenvalue weighted by Crippen LogP contribution is -2.35. The van der Waals surface area contributed by atoms with Crippen LogP contribution in [0.1, 0.15) is 50.4 Å². The number of aromatic nitrogens is 1. The van der Waals surface area contributed by atoms with E-state index in [-0.39, 0.29) is 12.1 Å². The minimum absolute atomic E-state index is 0.0145. The van der Waals surface area contributed by atoms with Gasteiger partial charge in [-0.1, -0.05) is 27.2 Å². The molecule has 0 spiro atoms. The van der Waals surface area contributed by atoms with Gasteiger partial charge in [-0.2, -0.15) is 0 Å². The first-order valence-corrected chi connectivity index (χ1v) is 7.40. The van der Waals surface area contributed by atoms with Gasteiger partial charge in [0.2, 0.25) is 0 Å². The summed E-state index contributed by atoms with van der Waals surface area (Å²) in [5.41, 5.74) is 6.09. The summed E-state index contributed by atoms with van der Waals surface area (Å²) in [6.45, 7) is 6.62. The third kappa shape index (κ3) is 3.50. The molecule has 20 heavy (non-hydrogen) atoms. The Labute approximate surface area is 120 Å². The largest absolute Gasteiger partial charge is 0.458 e. The van der Waals surface area contributed by atoms with Gasteiger partial charge in [0, 0.05) is 6.20 Å². The third-order valence-electron chi connectivity index (χ3n) is 4.24. The predicted octanol–water partition coefficient (Wildman–Crippen LogP) is 3.28. The first kappa shape index (κ1) is 14.8. The van der Waals surface area contributed by atoms with Crippen molar-refractivity contribution in [2.75, 3.05) is 5.73 Å². The highest BCUT2D eigenvalue weighted by molar-refractivity contribution is 5.90. The molecule has 4 nitrogen and oxygen atoms in total. The molecular weight excluding hydrogens is 252 g/mol. The van der Waals surface area contributed by atoms with Gasteiger partial charge in [-0.05, 0) is 42.7 Å². The van der Waals surface area contributed by atoms with Crippen molar-refractivity contribution in [3.05, 3.63) is 23.9 Å². The van der Waals surface area contributed by atoms with Crippen LogP contribution >= 0.6 is 0 Å². The molecule has 1 aromatic rings. The average Bonchev–Trinajstić information content (AvgIpc) is 2.38. The van der Waals surface area contributed by atoms with Gasteiger partial charge in [-0.25, -0.2) is 9.78 Å². The Morgan fingerprint density at radius 3 is 2.85 bits per heavy atom. The van der Waals surface area contributed by atoms with E-state index < -0.39 is 0 Å². The molecule has 0 radical (unpaired) electrons. The Morgan fingerprint density at radius 1 is 1.45 bits per heavy atom. The molecule has 1 aliphatic carbocycles. The molecule has 1 aliphatic rings. The van der Waals surface area contributed by atoms with E-state index in [1.54, 1.807) is 12.1 Å². The fraction of sp³-hybridized carbons (Fsp3) is 0.625. The predicted molar refractivity (Wildman–Crippen MR) is 79.2 cm³/mol. The van der Waals surface area contributed by atoms with E-state index in [0.29, 0.717) is 29.1 Å². The molecule has 1 heterocycles. The number of anilines is 1. The van der Waals surface area contributed by atoms with E-state index in [2.05, 4.69) is 25.8 Å². The van der Waals surface area contributed by atoms with Gasteiger partial charge in [0.15, 0.2) is 0 Å². The van der Waals surface area contributed by atoms with Gasteiger partial charge >= 0.3 is 5.97 Å². The highest BCUT2D eigenvalue weighted by Crippen LogP contribution is 2.35. The molecule has 0 aromatic carbocycles. The van der Waals surface area contributed by atoms with E-state index >= 15 is 0 Å². The van der Waals surface area contributed by atoms with Crippen molar-refractivity contribution in [1.82, 2.24) is 4.98 Å². The van der Waals surface area contributed by atoms with E-state index in [1.807, 2.05) is 0 Å². The molecule has 0 saturated heterocycles. The van der Waals surface area contributed by atoms with E-state index in [0.717, 1.165) is 12.8 Å². The van der Waals surface area contributed by atoms with Gasteiger partial charge in [0.25, 0.3) is 0 Å². The summed E-state index contributed by atoms with van der Waals surface area (Å²) in [6, 6.07) is 3.22. The summed E-state index contributed by atoms with van der Waals surface area (Å²) < 4.78 is 5.75. The van der Waals surface area contributed by atoms with Crippen LogP contribution in [-0.4, -0.2) is 17.1 Å². The number of nitrogen functional groups attached to an aromatic ring is 1. The molecule has 0 bridgehead atoms. The first-order valence-electron chi connectivity index (χ1n) is 7.40. The summed E-state index contributed by atoms with van der Waals surface area (Å²) in [6.07, 6.45) is 4.86. The molecule has 110 valence electrons. The summed E-state index contributed by atoms with van der Waals surface area (Å²) in [5.74, 6) is 1.66. The molecule has 0 aliphatic heterocycles. The minimum atomic E-state index is -0.288. The van der Waals surface area contributed by atoms with Gasteiger partial charge in [-0.3, -0.25) is 0 Å².